The second-order valence-corrected chi connectivity index (χ2v) is 8.46. The molecule has 0 aliphatic carbocycles. The maximum Gasteiger partial charge on any atom is 0.292 e. The zero-order chi connectivity index (χ0) is 23.5. The Morgan fingerprint density at radius 3 is 2.64 bits per heavy atom. The lowest BCUT2D eigenvalue weighted by Crippen LogP contribution is -2.12. The standard InChI is InChI=1S/C22H14Cl4FN3O3/c23-12-4-6-19(16(25)8-12)32-11-13-5-7-20(33-13)22(31)28-21-17(26)10-30(29-21)9-14-15(24)2-1-3-18(14)27/h1-8,10H,9,11H2,(H,28,29,31). The first-order valence-corrected chi connectivity index (χ1v) is 10.9. The third-order valence-corrected chi connectivity index (χ3v) is 5.64. The van der Waals surface area contributed by atoms with Crippen molar-refractivity contribution in [1.82, 2.24) is 9.78 Å². The molecule has 4 rings (SSSR count). The predicted molar refractivity (Wildman–Crippen MR) is 125 cm³/mol. The second-order valence-electron chi connectivity index (χ2n) is 6.81. The Bertz CT molecular complexity index is 1300. The average Bonchev–Trinajstić information content (AvgIpc) is 3.37. The highest BCUT2D eigenvalue weighted by atomic mass is 35.5. The van der Waals surface area contributed by atoms with E-state index < -0.39 is 11.7 Å². The molecule has 0 fully saturated rings. The van der Waals surface area contributed by atoms with Gasteiger partial charge in [-0.1, -0.05) is 52.5 Å². The SMILES string of the molecule is O=C(Nc1nn(Cc2c(F)cccc2Cl)cc1Cl)c1ccc(COc2ccc(Cl)cc2Cl)o1. The van der Waals surface area contributed by atoms with Gasteiger partial charge in [-0.15, -0.1) is 0 Å². The number of hydrogen-bond acceptors (Lipinski definition) is 4. The van der Waals surface area contributed by atoms with Crippen LogP contribution >= 0.6 is 46.4 Å². The smallest absolute Gasteiger partial charge is 0.292 e. The third-order valence-electron chi connectivity index (χ3n) is 4.48. The Kier molecular flexibility index (Phi) is 7.14. The summed E-state index contributed by atoms with van der Waals surface area (Å²) in [6.07, 6.45) is 1.46. The summed E-state index contributed by atoms with van der Waals surface area (Å²) in [5, 5.41) is 8.03. The summed E-state index contributed by atoms with van der Waals surface area (Å²) in [6, 6.07) is 12.3. The molecule has 0 aliphatic heterocycles. The number of halogens is 5. The molecule has 0 spiro atoms. The van der Waals surface area contributed by atoms with Crippen LogP contribution < -0.4 is 10.1 Å². The highest BCUT2D eigenvalue weighted by molar-refractivity contribution is 6.35. The number of benzene rings is 2. The van der Waals surface area contributed by atoms with E-state index in [-0.39, 0.29) is 40.3 Å². The maximum atomic E-state index is 14.0. The van der Waals surface area contributed by atoms with Crippen LogP contribution in [0.25, 0.3) is 0 Å². The number of furan rings is 1. The monoisotopic (exact) mass is 527 g/mol. The lowest BCUT2D eigenvalue weighted by Gasteiger charge is -2.06. The van der Waals surface area contributed by atoms with E-state index >= 15 is 0 Å². The summed E-state index contributed by atoms with van der Waals surface area (Å²) in [7, 11) is 0. The minimum absolute atomic E-state index is 0.0265. The van der Waals surface area contributed by atoms with Crippen LogP contribution in [0.2, 0.25) is 20.1 Å². The van der Waals surface area contributed by atoms with Crippen LogP contribution in [0.4, 0.5) is 10.2 Å². The zero-order valence-electron chi connectivity index (χ0n) is 16.6. The molecule has 4 aromatic rings. The molecule has 0 aliphatic rings. The molecule has 11 heteroatoms. The van der Waals surface area contributed by atoms with Crippen molar-refractivity contribution in [1.29, 1.82) is 0 Å². The highest BCUT2D eigenvalue weighted by Crippen LogP contribution is 2.28. The van der Waals surface area contributed by atoms with Gasteiger partial charge in [0.25, 0.3) is 5.91 Å². The molecule has 2 aromatic heterocycles. The first kappa shape index (κ1) is 23.4. The van der Waals surface area contributed by atoms with Crippen molar-refractivity contribution in [2.24, 2.45) is 0 Å². The third kappa shape index (κ3) is 5.62. The van der Waals surface area contributed by atoms with Crippen LogP contribution in [0.15, 0.2) is 59.1 Å². The van der Waals surface area contributed by atoms with Gasteiger partial charge < -0.3 is 14.5 Å². The van der Waals surface area contributed by atoms with Gasteiger partial charge in [0.1, 0.15) is 29.0 Å². The fraction of sp³-hybridized carbons (Fsp3) is 0.0909. The second kappa shape index (κ2) is 10.1. The van der Waals surface area contributed by atoms with Crippen LogP contribution in [0.1, 0.15) is 21.9 Å². The van der Waals surface area contributed by atoms with Crippen molar-refractivity contribution >= 4 is 58.1 Å². The van der Waals surface area contributed by atoms with Gasteiger partial charge in [0.2, 0.25) is 0 Å². The minimum atomic E-state index is -0.568. The number of aromatic nitrogens is 2. The Morgan fingerprint density at radius 1 is 1.06 bits per heavy atom. The van der Waals surface area contributed by atoms with Crippen LogP contribution in [0.3, 0.4) is 0 Å². The molecule has 0 bridgehead atoms. The van der Waals surface area contributed by atoms with Crippen LogP contribution in [0, 0.1) is 5.82 Å². The van der Waals surface area contributed by atoms with Crippen molar-refractivity contribution in [3.63, 3.8) is 0 Å². The normalized spacial score (nSPS) is 10.9. The van der Waals surface area contributed by atoms with E-state index in [1.165, 1.54) is 29.1 Å². The van der Waals surface area contributed by atoms with E-state index in [0.717, 1.165) is 0 Å². The molecular weight excluding hydrogens is 515 g/mol. The number of hydrogen-bond donors (Lipinski definition) is 1. The number of carbonyl (C=O) groups excluding carboxylic acids is 1. The molecule has 1 amide bonds. The Balaban J connectivity index is 1.40. The highest BCUT2D eigenvalue weighted by Gasteiger charge is 2.17. The molecule has 0 saturated heterocycles. The Labute approximate surface area is 207 Å². The first-order valence-electron chi connectivity index (χ1n) is 9.44. The van der Waals surface area contributed by atoms with E-state index in [0.29, 0.717) is 21.6 Å². The summed E-state index contributed by atoms with van der Waals surface area (Å²) in [5.41, 5.74) is 0.257. The molecule has 0 saturated carbocycles. The zero-order valence-corrected chi connectivity index (χ0v) is 19.6. The van der Waals surface area contributed by atoms with Gasteiger partial charge in [-0.05, 0) is 42.5 Å². The topological polar surface area (TPSA) is 69.3 Å². The molecule has 0 radical (unpaired) electrons. The molecule has 1 N–H and O–H groups in total. The van der Waals surface area contributed by atoms with E-state index in [1.807, 2.05) is 0 Å². The van der Waals surface area contributed by atoms with Crippen molar-refractivity contribution in [3.8, 4) is 5.75 Å². The number of rotatable bonds is 7. The van der Waals surface area contributed by atoms with Crippen LogP contribution in [-0.2, 0) is 13.2 Å². The number of nitrogens with one attached hydrogen (secondary N) is 1. The molecule has 0 atom stereocenters. The van der Waals surface area contributed by atoms with Gasteiger partial charge in [0.15, 0.2) is 11.6 Å². The molecule has 2 aromatic carbocycles. The van der Waals surface area contributed by atoms with Gasteiger partial charge >= 0.3 is 0 Å². The molecule has 33 heavy (non-hydrogen) atoms. The van der Waals surface area contributed by atoms with Crippen molar-refractivity contribution in [2.45, 2.75) is 13.2 Å². The summed E-state index contributed by atoms with van der Waals surface area (Å²) < 4.78 is 26.5. The van der Waals surface area contributed by atoms with E-state index in [2.05, 4.69) is 10.4 Å². The van der Waals surface area contributed by atoms with Crippen molar-refractivity contribution in [2.75, 3.05) is 5.32 Å². The average molecular weight is 529 g/mol. The number of anilines is 1. The molecule has 2 heterocycles. The largest absolute Gasteiger partial charge is 0.484 e. The Hall–Kier alpha value is -2.71. The van der Waals surface area contributed by atoms with Crippen molar-refractivity contribution in [3.05, 3.63) is 97.7 Å². The van der Waals surface area contributed by atoms with Gasteiger partial charge in [0, 0.05) is 21.8 Å². The number of carbonyl (C=O) groups is 1. The van der Waals surface area contributed by atoms with Gasteiger partial charge in [-0.2, -0.15) is 5.10 Å². The molecule has 170 valence electrons. The quantitative estimate of drug-likeness (QED) is 0.277. The Morgan fingerprint density at radius 2 is 1.88 bits per heavy atom. The molecule has 6 nitrogen and oxygen atoms in total. The summed E-state index contributed by atoms with van der Waals surface area (Å²) in [5.74, 6) is -0.0886. The maximum absolute atomic E-state index is 14.0. The summed E-state index contributed by atoms with van der Waals surface area (Å²) in [4.78, 5) is 12.6. The lowest BCUT2D eigenvalue weighted by molar-refractivity contribution is 0.0992. The molecular formula is C22H14Cl4FN3O3. The minimum Gasteiger partial charge on any atom is -0.484 e. The predicted octanol–water partition coefficient (Wildman–Crippen LogP) is 7.11. The first-order chi connectivity index (χ1) is 15.8. The number of nitrogens with zero attached hydrogens (tertiary/aromatic N) is 2. The fourth-order valence-electron chi connectivity index (χ4n) is 2.90. The van der Waals surface area contributed by atoms with Gasteiger partial charge in [-0.3, -0.25) is 9.48 Å². The summed E-state index contributed by atoms with van der Waals surface area (Å²) >= 11 is 24.2. The fourth-order valence-corrected chi connectivity index (χ4v) is 3.78. The van der Waals surface area contributed by atoms with E-state index in [9.17, 15) is 9.18 Å². The van der Waals surface area contributed by atoms with E-state index in [1.54, 1.807) is 30.3 Å². The number of amides is 1. The lowest BCUT2D eigenvalue weighted by atomic mass is 10.2. The van der Waals surface area contributed by atoms with Crippen molar-refractivity contribution < 1.29 is 18.3 Å². The van der Waals surface area contributed by atoms with Crippen LogP contribution in [-0.4, -0.2) is 15.7 Å². The summed E-state index contributed by atoms with van der Waals surface area (Å²) in [6.45, 7) is 0.0873. The number of ether oxygens (including phenoxy) is 1. The molecule has 0 unspecified atom stereocenters. The van der Waals surface area contributed by atoms with Gasteiger partial charge in [0.05, 0.1) is 11.6 Å². The van der Waals surface area contributed by atoms with Gasteiger partial charge in [-0.25, -0.2) is 4.39 Å². The van der Waals surface area contributed by atoms with Crippen LogP contribution in [0.5, 0.6) is 5.75 Å². The van der Waals surface area contributed by atoms with E-state index in [4.69, 9.17) is 55.6 Å².